The summed E-state index contributed by atoms with van der Waals surface area (Å²) in [4.78, 5) is 15.3. The second kappa shape index (κ2) is 9.15. The molecule has 1 aromatic rings. The summed E-state index contributed by atoms with van der Waals surface area (Å²) in [5.41, 5.74) is 6.02. The lowest BCUT2D eigenvalue weighted by Gasteiger charge is -2.31. The fraction of sp³-hybridized carbons (Fsp3) is 0.667. The molecule has 1 atom stereocenters. The number of hydrogen-bond donors (Lipinski definition) is 1. The van der Waals surface area contributed by atoms with Gasteiger partial charge in [0.25, 0.3) is 0 Å². The molecule has 0 aromatic carbocycles. The molecule has 1 rings (SSSR count). The van der Waals surface area contributed by atoms with E-state index in [0.29, 0.717) is 18.9 Å². The molecule has 5 nitrogen and oxygen atoms in total. The summed E-state index contributed by atoms with van der Waals surface area (Å²) in [5, 5.41) is 2.02. The van der Waals surface area contributed by atoms with E-state index >= 15 is 0 Å². The summed E-state index contributed by atoms with van der Waals surface area (Å²) in [7, 11) is 3.04. The van der Waals surface area contributed by atoms with Crippen LogP contribution in [0.2, 0.25) is 0 Å². The molecule has 0 aliphatic heterocycles. The second-order valence-corrected chi connectivity index (χ2v) is 6.41. The quantitative estimate of drug-likeness (QED) is 0.709. The van der Waals surface area contributed by atoms with Crippen LogP contribution in [-0.2, 0) is 20.7 Å². The third-order valence-corrected chi connectivity index (χ3v) is 4.10. The zero-order valence-electron chi connectivity index (χ0n) is 13.2. The Balaban J connectivity index is 2.73. The highest BCUT2D eigenvalue weighted by Crippen LogP contribution is 2.14. The van der Waals surface area contributed by atoms with Crippen molar-refractivity contribution in [1.82, 2.24) is 4.90 Å². The topological polar surface area (TPSA) is 64.8 Å². The van der Waals surface area contributed by atoms with E-state index in [1.165, 1.54) is 19.1 Å². The Morgan fingerprint density at radius 3 is 2.52 bits per heavy atom. The summed E-state index contributed by atoms with van der Waals surface area (Å²) in [6.07, 6.45) is 0.714. The monoisotopic (exact) mass is 314 g/mol. The molecule has 0 spiro atoms. The lowest BCUT2D eigenvalue weighted by Crippen LogP contribution is -2.51. The minimum atomic E-state index is -0.698. The zero-order valence-corrected chi connectivity index (χ0v) is 14.1. The lowest BCUT2D eigenvalue weighted by atomic mass is 10.0. The van der Waals surface area contributed by atoms with Gasteiger partial charge in [0, 0.05) is 25.6 Å². The summed E-state index contributed by atoms with van der Waals surface area (Å²) < 4.78 is 10.5. The Morgan fingerprint density at radius 2 is 2.05 bits per heavy atom. The zero-order chi connectivity index (χ0) is 15.8. The molecule has 21 heavy (non-hydrogen) atoms. The largest absolute Gasteiger partial charge is 0.339 e. The third-order valence-electron chi connectivity index (χ3n) is 3.16. The minimum Gasteiger partial charge on any atom is -0.339 e. The van der Waals surface area contributed by atoms with Gasteiger partial charge in [-0.3, -0.25) is 9.69 Å². The number of ether oxygens (including phenoxy) is 2. The molecule has 6 heteroatoms. The summed E-state index contributed by atoms with van der Waals surface area (Å²) in [6.45, 7) is 4.62. The molecule has 0 saturated heterocycles. The van der Waals surface area contributed by atoms with Gasteiger partial charge < -0.3 is 15.2 Å². The van der Waals surface area contributed by atoms with Crippen LogP contribution in [0.1, 0.15) is 25.1 Å². The number of nitrogens with zero attached hydrogens (tertiary/aromatic N) is 1. The van der Waals surface area contributed by atoms with Crippen LogP contribution < -0.4 is 5.73 Å². The van der Waals surface area contributed by atoms with Crippen molar-refractivity contribution < 1.29 is 14.3 Å². The number of methoxy groups -OCH3 is 2. The molecule has 1 heterocycles. The van der Waals surface area contributed by atoms with Crippen molar-refractivity contribution in [1.29, 1.82) is 0 Å². The standard InChI is InChI=1S/C15H26N2O3S/c1-11(2)10-13(16)14(18)17(15(19-3)20-4)8-7-12-6-5-9-21-12/h5-6,9,11,13,15H,7-8,10,16H2,1-4H3/t13-/m0/s1. The molecule has 0 aliphatic rings. The molecular weight excluding hydrogens is 288 g/mol. The van der Waals surface area contributed by atoms with Crippen LogP contribution in [0.25, 0.3) is 0 Å². The Hall–Kier alpha value is -0.950. The fourth-order valence-corrected chi connectivity index (χ4v) is 2.88. The maximum Gasteiger partial charge on any atom is 0.243 e. The summed E-state index contributed by atoms with van der Waals surface area (Å²) in [5.74, 6) is 0.237. The summed E-state index contributed by atoms with van der Waals surface area (Å²) >= 11 is 1.67. The maximum absolute atomic E-state index is 12.5. The normalized spacial score (nSPS) is 12.9. The number of amides is 1. The Kier molecular flexibility index (Phi) is 7.88. The Bertz CT molecular complexity index is 405. The van der Waals surface area contributed by atoms with Crippen LogP contribution in [0.15, 0.2) is 17.5 Å². The molecular formula is C15H26N2O3S. The Morgan fingerprint density at radius 1 is 1.38 bits per heavy atom. The van der Waals surface area contributed by atoms with Crippen molar-refractivity contribution in [3.8, 4) is 0 Å². The van der Waals surface area contributed by atoms with Gasteiger partial charge in [-0.05, 0) is 30.2 Å². The van der Waals surface area contributed by atoms with Crippen LogP contribution in [0.3, 0.4) is 0 Å². The number of rotatable bonds is 9. The first-order valence-electron chi connectivity index (χ1n) is 7.13. The summed E-state index contributed by atoms with van der Waals surface area (Å²) in [6, 6.07) is 3.53. The maximum atomic E-state index is 12.5. The first-order chi connectivity index (χ1) is 9.99. The van der Waals surface area contributed by atoms with Crippen molar-refractivity contribution in [3.05, 3.63) is 22.4 Å². The van der Waals surface area contributed by atoms with E-state index in [1.807, 2.05) is 25.3 Å². The van der Waals surface area contributed by atoms with Gasteiger partial charge in [0.2, 0.25) is 12.3 Å². The fourth-order valence-electron chi connectivity index (χ4n) is 2.18. The minimum absolute atomic E-state index is 0.131. The number of hydrogen-bond acceptors (Lipinski definition) is 5. The average molecular weight is 314 g/mol. The predicted octanol–water partition coefficient (Wildman–Crippen LogP) is 2.07. The van der Waals surface area contributed by atoms with Gasteiger partial charge in [-0.15, -0.1) is 11.3 Å². The van der Waals surface area contributed by atoms with Crippen molar-refractivity contribution in [3.63, 3.8) is 0 Å². The van der Waals surface area contributed by atoms with E-state index in [0.717, 1.165) is 6.42 Å². The van der Waals surface area contributed by atoms with Gasteiger partial charge in [-0.1, -0.05) is 19.9 Å². The van der Waals surface area contributed by atoms with Gasteiger partial charge >= 0.3 is 0 Å². The highest BCUT2D eigenvalue weighted by atomic mass is 32.1. The van der Waals surface area contributed by atoms with Crippen molar-refractivity contribution in [2.75, 3.05) is 20.8 Å². The highest BCUT2D eigenvalue weighted by molar-refractivity contribution is 7.09. The van der Waals surface area contributed by atoms with Gasteiger partial charge in [0.15, 0.2) is 0 Å². The highest BCUT2D eigenvalue weighted by Gasteiger charge is 2.28. The Labute approximate surface area is 131 Å². The van der Waals surface area contributed by atoms with E-state index in [4.69, 9.17) is 15.2 Å². The molecule has 120 valence electrons. The second-order valence-electron chi connectivity index (χ2n) is 5.38. The van der Waals surface area contributed by atoms with Crippen molar-refractivity contribution in [2.45, 2.75) is 39.1 Å². The molecule has 0 radical (unpaired) electrons. The van der Waals surface area contributed by atoms with E-state index < -0.39 is 12.5 Å². The number of carbonyl (C=O) groups excluding carboxylic acids is 1. The van der Waals surface area contributed by atoms with Crippen LogP contribution in [0.5, 0.6) is 0 Å². The van der Waals surface area contributed by atoms with Crippen molar-refractivity contribution in [2.24, 2.45) is 11.7 Å². The van der Waals surface area contributed by atoms with Crippen LogP contribution in [0.4, 0.5) is 0 Å². The molecule has 0 bridgehead atoms. The first-order valence-corrected chi connectivity index (χ1v) is 8.01. The number of carbonyl (C=O) groups is 1. The number of thiophene rings is 1. The lowest BCUT2D eigenvalue weighted by molar-refractivity contribution is -0.202. The molecule has 2 N–H and O–H groups in total. The van der Waals surface area contributed by atoms with E-state index in [9.17, 15) is 4.79 Å². The predicted molar refractivity (Wildman–Crippen MR) is 85.0 cm³/mol. The van der Waals surface area contributed by atoms with Gasteiger partial charge in [0.1, 0.15) is 0 Å². The third kappa shape index (κ3) is 5.74. The van der Waals surface area contributed by atoms with Gasteiger partial charge in [0.05, 0.1) is 6.04 Å². The van der Waals surface area contributed by atoms with Crippen LogP contribution in [0, 0.1) is 5.92 Å². The van der Waals surface area contributed by atoms with E-state index in [1.54, 1.807) is 16.2 Å². The van der Waals surface area contributed by atoms with Gasteiger partial charge in [-0.2, -0.15) is 0 Å². The number of nitrogens with two attached hydrogens (primary N) is 1. The molecule has 0 unspecified atom stereocenters. The molecule has 0 fully saturated rings. The average Bonchev–Trinajstić information content (AvgIpc) is 2.95. The molecule has 0 aliphatic carbocycles. The van der Waals surface area contributed by atoms with Crippen LogP contribution in [-0.4, -0.2) is 44.0 Å². The SMILES string of the molecule is COC(OC)N(CCc1cccs1)C(=O)[C@@H](N)CC(C)C. The molecule has 1 amide bonds. The molecule has 1 aromatic heterocycles. The van der Waals surface area contributed by atoms with Crippen molar-refractivity contribution >= 4 is 17.2 Å². The van der Waals surface area contributed by atoms with E-state index in [2.05, 4.69) is 6.07 Å². The van der Waals surface area contributed by atoms with Crippen LogP contribution >= 0.6 is 11.3 Å². The van der Waals surface area contributed by atoms with Gasteiger partial charge in [-0.25, -0.2) is 0 Å². The molecule has 0 saturated carbocycles. The van der Waals surface area contributed by atoms with E-state index in [-0.39, 0.29) is 5.91 Å². The smallest absolute Gasteiger partial charge is 0.243 e. The first kappa shape index (κ1) is 18.1.